The molecule has 0 aliphatic heterocycles. The van der Waals surface area contributed by atoms with Gasteiger partial charge in [-0.1, -0.05) is 33.8 Å². The van der Waals surface area contributed by atoms with Crippen LogP contribution in [0.15, 0.2) is 24.3 Å². The van der Waals surface area contributed by atoms with Crippen molar-refractivity contribution < 1.29 is 18.0 Å². The van der Waals surface area contributed by atoms with E-state index in [4.69, 9.17) is 0 Å². The molecule has 1 N–H and O–H groups in total. The lowest BCUT2D eigenvalue weighted by atomic mass is 10.1. The lowest BCUT2D eigenvalue weighted by Gasteiger charge is -2.05. The first-order valence-electron chi connectivity index (χ1n) is 5.92. The third-order valence-corrected chi connectivity index (χ3v) is 2.89. The second-order valence-electron chi connectivity index (χ2n) is 3.95. The van der Waals surface area contributed by atoms with Gasteiger partial charge in [0.05, 0.1) is 12.1 Å². The third kappa shape index (κ3) is 6.11. The van der Waals surface area contributed by atoms with Crippen LogP contribution in [-0.4, -0.2) is 17.8 Å². The fraction of sp³-hybridized carbons (Fsp3) is 0.357. The molecular weight excluding hydrogens is 335 g/mol. The molecule has 0 aliphatic rings. The van der Waals surface area contributed by atoms with E-state index >= 15 is 0 Å². The summed E-state index contributed by atoms with van der Waals surface area (Å²) in [6, 6.07) is 4.78. The van der Waals surface area contributed by atoms with Crippen LogP contribution >= 0.6 is 15.9 Å². The summed E-state index contributed by atoms with van der Waals surface area (Å²) in [5.74, 6) is 5.10. The lowest BCUT2D eigenvalue weighted by molar-refractivity contribution is -0.137. The highest BCUT2D eigenvalue weighted by atomic mass is 79.9. The van der Waals surface area contributed by atoms with Crippen LogP contribution < -0.4 is 5.32 Å². The highest BCUT2D eigenvalue weighted by Crippen LogP contribution is 2.29. The fourth-order valence-corrected chi connectivity index (χ4v) is 1.66. The van der Waals surface area contributed by atoms with Gasteiger partial charge in [-0.2, -0.15) is 13.2 Å². The van der Waals surface area contributed by atoms with Gasteiger partial charge < -0.3 is 5.32 Å². The van der Waals surface area contributed by atoms with Crippen LogP contribution in [0, 0.1) is 11.8 Å². The van der Waals surface area contributed by atoms with Gasteiger partial charge in [0.25, 0.3) is 0 Å². The molecular formula is C14H13BrF3NO. The molecule has 1 rings (SSSR count). The molecule has 1 aromatic carbocycles. The Hall–Kier alpha value is -1.48. The van der Waals surface area contributed by atoms with Crippen LogP contribution in [0.5, 0.6) is 0 Å². The molecule has 20 heavy (non-hydrogen) atoms. The van der Waals surface area contributed by atoms with E-state index in [1.165, 1.54) is 12.1 Å². The Morgan fingerprint density at radius 1 is 1.35 bits per heavy atom. The standard InChI is InChI=1S/C14H13BrF3NO/c15-8-2-7-13(20)19-9-3-5-11-4-1-6-12(10-11)14(16,17)18/h1,4,6,10H,2,7-9H2,(H,19,20). The molecule has 0 saturated heterocycles. The van der Waals surface area contributed by atoms with Crippen molar-refractivity contribution in [2.24, 2.45) is 0 Å². The second kappa shape index (κ2) is 7.95. The number of benzene rings is 1. The molecule has 0 atom stereocenters. The van der Waals surface area contributed by atoms with E-state index in [1.54, 1.807) is 0 Å². The summed E-state index contributed by atoms with van der Waals surface area (Å²) in [5, 5.41) is 3.32. The van der Waals surface area contributed by atoms with Crippen LogP contribution in [0.4, 0.5) is 13.2 Å². The van der Waals surface area contributed by atoms with E-state index in [0.717, 1.165) is 23.9 Å². The molecule has 2 nitrogen and oxygen atoms in total. The normalized spacial score (nSPS) is 10.6. The lowest BCUT2D eigenvalue weighted by Crippen LogP contribution is -2.23. The number of carbonyl (C=O) groups is 1. The maximum Gasteiger partial charge on any atom is 0.416 e. The van der Waals surface area contributed by atoms with Crippen molar-refractivity contribution in [3.05, 3.63) is 35.4 Å². The predicted molar refractivity (Wildman–Crippen MR) is 74.4 cm³/mol. The van der Waals surface area contributed by atoms with Crippen molar-refractivity contribution >= 4 is 21.8 Å². The summed E-state index contributed by atoms with van der Waals surface area (Å²) >= 11 is 3.21. The van der Waals surface area contributed by atoms with Gasteiger partial charge in [-0.15, -0.1) is 0 Å². The zero-order chi connectivity index (χ0) is 15.0. The van der Waals surface area contributed by atoms with Gasteiger partial charge in [-0.25, -0.2) is 0 Å². The first kappa shape index (κ1) is 16.6. The first-order chi connectivity index (χ1) is 9.43. The van der Waals surface area contributed by atoms with Gasteiger partial charge in [0.1, 0.15) is 0 Å². The minimum atomic E-state index is -4.37. The minimum absolute atomic E-state index is 0.122. The van der Waals surface area contributed by atoms with E-state index < -0.39 is 11.7 Å². The van der Waals surface area contributed by atoms with Crippen LogP contribution in [0.3, 0.4) is 0 Å². The molecule has 0 aliphatic carbocycles. The Kier molecular flexibility index (Phi) is 6.59. The summed E-state index contributed by atoms with van der Waals surface area (Å²) in [6.07, 6.45) is -3.25. The van der Waals surface area contributed by atoms with E-state index in [9.17, 15) is 18.0 Å². The fourth-order valence-electron chi connectivity index (χ4n) is 1.38. The van der Waals surface area contributed by atoms with Crippen LogP contribution in [0.1, 0.15) is 24.0 Å². The summed E-state index contributed by atoms with van der Waals surface area (Å²) < 4.78 is 37.4. The van der Waals surface area contributed by atoms with E-state index in [2.05, 4.69) is 33.1 Å². The summed E-state index contributed by atoms with van der Waals surface area (Å²) in [5.41, 5.74) is -0.458. The average molecular weight is 348 g/mol. The van der Waals surface area contributed by atoms with Crippen molar-refractivity contribution in [2.75, 3.05) is 11.9 Å². The van der Waals surface area contributed by atoms with Crippen molar-refractivity contribution in [3.63, 3.8) is 0 Å². The Balaban J connectivity index is 2.54. The Bertz CT molecular complexity index is 517. The third-order valence-electron chi connectivity index (χ3n) is 2.33. The van der Waals surface area contributed by atoms with Gasteiger partial charge in [-0.3, -0.25) is 4.79 Å². The molecule has 0 spiro atoms. The van der Waals surface area contributed by atoms with Gasteiger partial charge in [0.15, 0.2) is 0 Å². The summed E-state index contributed by atoms with van der Waals surface area (Å²) in [6.45, 7) is 0.122. The number of halogens is 4. The molecule has 6 heteroatoms. The van der Waals surface area contributed by atoms with Gasteiger partial charge in [0, 0.05) is 17.3 Å². The Labute approximate surface area is 123 Å². The number of nitrogens with one attached hydrogen (secondary N) is 1. The number of alkyl halides is 4. The van der Waals surface area contributed by atoms with Crippen LogP contribution in [-0.2, 0) is 11.0 Å². The number of carbonyl (C=O) groups excluding carboxylic acids is 1. The predicted octanol–water partition coefficient (Wildman–Crippen LogP) is 3.35. The zero-order valence-electron chi connectivity index (χ0n) is 10.6. The number of hydrogen-bond acceptors (Lipinski definition) is 1. The molecule has 0 aromatic heterocycles. The SMILES string of the molecule is O=C(CCCBr)NCC#Cc1cccc(C(F)(F)F)c1. The van der Waals surface area contributed by atoms with E-state index in [1.807, 2.05) is 0 Å². The monoisotopic (exact) mass is 347 g/mol. The molecule has 0 saturated carbocycles. The quantitative estimate of drug-likeness (QED) is 0.656. The second-order valence-corrected chi connectivity index (χ2v) is 4.74. The number of rotatable bonds is 4. The molecule has 0 unspecified atom stereocenters. The number of amides is 1. The van der Waals surface area contributed by atoms with E-state index in [0.29, 0.717) is 6.42 Å². The summed E-state index contributed by atoms with van der Waals surface area (Å²) in [7, 11) is 0. The van der Waals surface area contributed by atoms with Crippen LogP contribution in [0.2, 0.25) is 0 Å². The molecule has 0 heterocycles. The minimum Gasteiger partial charge on any atom is -0.345 e. The Morgan fingerprint density at radius 2 is 2.10 bits per heavy atom. The highest BCUT2D eigenvalue weighted by Gasteiger charge is 2.30. The van der Waals surface area contributed by atoms with Crippen molar-refractivity contribution in [3.8, 4) is 11.8 Å². The van der Waals surface area contributed by atoms with Crippen LogP contribution in [0.25, 0.3) is 0 Å². The van der Waals surface area contributed by atoms with Gasteiger partial charge >= 0.3 is 6.18 Å². The van der Waals surface area contributed by atoms with Crippen molar-refractivity contribution in [1.82, 2.24) is 5.32 Å². The molecule has 0 fully saturated rings. The number of hydrogen-bond donors (Lipinski definition) is 1. The van der Waals surface area contributed by atoms with Gasteiger partial charge in [0.2, 0.25) is 5.91 Å². The largest absolute Gasteiger partial charge is 0.416 e. The van der Waals surface area contributed by atoms with Crippen molar-refractivity contribution in [2.45, 2.75) is 19.0 Å². The van der Waals surface area contributed by atoms with E-state index in [-0.39, 0.29) is 18.0 Å². The van der Waals surface area contributed by atoms with Gasteiger partial charge in [-0.05, 0) is 24.6 Å². The summed E-state index contributed by atoms with van der Waals surface area (Å²) in [4.78, 5) is 11.3. The highest BCUT2D eigenvalue weighted by molar-refractivity contribution is 9.09. The molecule has 108 valence electrons. The van der Waals surface area contributed by atoms with Crippen molar-refractivity contribution in [1.29, 1.82) is 0 Å². The maximum atomic E-state index is 12.5. The average Bonchev–Trinajstić information content (AvgIpc) is 2.41. The molecule has 1 amide bonds. The molecule has 0 bridgehead atoms. The maximum absolute atomic E-state index is 12.5. The molecule has 1 aromatic rings. The smallest absolute Gasteiger partial charge is 0.345 e. The zero-order valence-corrected chi connectivity index (χ0v) is 12.1. The molecule has 0 radical (unpaired) electrons. The topological polar surface area (TPSA) is 29.1 Å². The first-order valence-corrected chi connectivity index (χ1v) is 7.04. The Morgan fingerprint density at radius 3 is 2.75 bits per heavy atom.